The van der Waals surface area contributed by atoms with E-state index in [1.807, 2.05) is 6.08 Å². The summed E-state index contributed by atoms with van der Waals surface area (Å²) in [6.45, 7) is 4.30. The first-order valence-corrected chi connectivity index (χ1v) is 7.00. The topological polar surface area (TPSA) is 17.1 Å². The maximum Gasteiger partial charge on any atom is 0.155 e. The summed E-state index contributed by atoms with van der Waals surface area (Å²) in [6.07, 6.45) is 15.8. The molecule has 0 aromatic heterocycles. The zero-order chi connectivity index (χ0) is 12.1. The summed E-state index contributed by atoms with van der Waals surface area (Å²) in [5, 5.41) is 0. The molecule has 0 aromatic carbocycles. The van der Waals surface area contributed by atoms with Crippen LogP contribution in [-0.2, 0) is 4.79 Å². The first-order valence-electron chi connectivity index (χ1n) is 7.00. The zero-order valence-corrected chi connectivity index (χ0v) is 11.1. The summed E-state index contributed by atoms with van der Waals surface area (Å²) >= 11 is 0. The van der Waals surface area contributed by atoms with Crippen LogP contribution in [-0.4, -0.2) is 5.78 Å². The van der Waals surface area contributed by atoms with Crippen LogP contribution in [0.4, 0.5) is 0 Å². The van der Waals surface area contributed by atoms with Crippen LogP contribution in [0.5, 0.6) is 0 Å². The number of allylic oxidation sites excluding steroid dienone is 2. The van der Waals surface area contributed by atoms with Gasteiger partial charge in [-0.05, 0) is 18.9 Å². The molecule has 0 aliphatic rings. The van der Waals surface area contributed by atoms with Gasteiger partial charge in [0.1, 0.15) is 0 Å². The van der Waals surface area contributed by atoms with E-state index in [2.05, 4.69) is 13.8 Å². The van der Waals surface area contributed by atoms with Gasteiger partial charge in [0.15, 0.2) is 5.78 Å². The summed E-state index contributed by atoms with van der Waals surface area (Å²) in [5.41, 5.74) is 0. The highest BCUT2D eigenvalue weighted by molar-refractivity contribution is 5.89. The molecular formula is C15H28O. The lowest BCUT2D eigenvalue weighted by atomic mass is 10.1. The maximum absolute atomic E-state index is 11.3. The van der Waals surface area contributed by atoms with E-state index in [0.29, 0.717) is 5.78 Å². The van der Waals surface area contributed by atoms with Gasteiger partial charge in [0.2, 0.25) is 0 Å². The second-order valence-corrected chi connectivity index (χ2v) is 4.50. The summed E-state index contributed by atoms with van der Waals surface area (Å²) in [6, 6.07) is 0. The Labute approximate surface area is 101 Å². The van der Waals surface area contributed by atoms with Crippen molar-refractivity contribution in [3.63, 3.8) is 0 Å². The first kappa shape index (κ1) is 15.4. The third-order valence-corrected chi connectivity index (χ3v) is 2.82. The van der Waals surface area contributed by atoms with Crippen molar-refractivity contribution in [2.24, 2.45) is 0 Å². The number of ketones is 1. The van der Waals surface area contributed by atoms with Crippen molar-refractivity contribution >= 4 is 5.78 Å². The summed E-state index contributed by atoms with van der Waals surface area (Å²) in [7, 11) is 0. The molecule has 0 aliphatic carbocycles. The molecule has 0 spiro atoms. The van der Waals surface area contributed by atoms with E-state index in [1.54, 1.807) is 6.08 Å². The maximum atomic E-state index is 11.3. The third kappa shape index (κ3) is 11.5. The van der Waals surface area contributed by atoms with E-state index in [-0.39, 0.29) is 0 Å². The Bertz CT molecular complexity index is 182. The lowest BCUT2D eigenvalue weighted by Crippen LogP contribution is -1.92. The van der Waals surface area contributed by atoms with Crippen molar-refractivity contribution in [2.45, 2.75) is 78.1 Å². The Hall–Kier alpha value is -0.590. The smallest absolute Gasteiger partial charge is 0.155 e. The van der Waals surface area contributed by atoms with Gasteiger partial charge in [-0.1, -0.05) is 64.9 Å². The third-order valence-electron chi connectivity index (χ3n) is 2.82. The molecular weight excluding hydrogens is 196 g/mol. The van der Waals surface area contributed by atoms with Crippen LogP contribution in [0.2, 0.25) is 0 Å². The second-order valence-electron chi connectivity index (χ2n) is 4.50. The predicted octanol–water partition coefficient (Wildman–Crippen LogP) is 5.05. The van der Waals surface area contributed by atoms with Crippen LogP contribution in [0.1, 0.15) is 78.1 Å². The molecule has 0 amide bonds. The van der Waals surface area contributed by atoms with Crippen molar-refractivity contribution in [3.8, 4) is 0 Å². The lowest BCUT2D eigenvalue weighted by molar-refractivity contribution is -0.114. The summed E-state index contributed by atoms with van der Waals surface area (Å²) in [4.78, 5) is 11.3. The average Bonchev–Trinajstić information content (AvgIpc) is 2.30. The van der Waals surface area contributed by atoms with E-state index in [9.17, 15) is 4.79 Å². The van der Waals surface area contributed by atoms with Crippen LogP contribution in [0.25, 0.3) is 0 Å². The minimum Gasteiger partial charge on any atom is -0.295 e. The Morgan fingerprint density at radius 3 is 2.00 bits per heavy atom. The Balaban J connectivity index is 3.14. The second kappa shape index (κ2) is 12.5. The summed E-state index contributed by atoms with van der Waals surface area (Å²) < 4.78 is 0. The SMILES string of the molecule is CC/C=C/C(=O)CCCCCCCCCC. The van der Waals surface area contributed by atoms with Gasteiger partial charge in [-0.2, -0.15) is 0 Å². The predicted molar refractivity (Wildman–Crippen MR) is 71.7 cm³/mol. The molecule has 0 radical (unpaired) electrons. The average molecular weight is 224 g/mol. The number of carbonyl (C=O) groups is 1. The van der Waals surface area contributed by atoms with Gasteiger partial charge in [0.05, 0.1) is 0 Å². The molecule has 1 heteroatoms. The number of rotatable bonds is 11. The number of carbonyl (C=O) groups excluding carboxylic acids is 1. The fourth-order valence-corrected chi connectivity index (χ4v) is 1.77. The van der Waals surface area contributed by atoms with Crippen molar-refractivity contribution < 1.29 is 4.79 Å². The highest BCUT2D eigenvalue weighted by Crippen LogP contribution is 2.09. The van der Waals surface area contributed by atoms with E-state index >= 15 is 0 Å². The zero-order valence-electron chi connectivity index (χ0n) is 11.1. The Morgan fingerprint density at radius 2 is 1.44 bits per heavy atom. The molecule has 0 heterocycles. The van der Waals surface area contributed by atoms with Gasteiger partial charge in [0.25, 0.3) is 0 Å². The number of hydrogen-bond donors (Lipinski definition) is 0. The quantitative estimate of drug-likeness (QED) is 0.354. The molecule has 0 atom stereocenters. The van der Waals surface area contributed by atoms with Gasteiger partial charge in [-0.15, -0.1) is 0 Å². The molecule has 94 valence electrons. The molecule has 0 N–H and O–H groups in total. The standard InChI is InChI=1S/C15H28O/c1-3-5-7-8-9-10-11-12-14-15(16)13-6-4-2/h6,13H,3-5,7-12,14H2,1-2H3/b13-6+. The van der Waals surface area contributed by atoms with Gasteiger partial charge in [-0.3, -0.25) is 4.79 Å². The first-order chi connectivity index (χ1) is 7.81. The van der Waals surface area contributed by atoms with E-state index in [0.717, 1.165) is 19.3 Å². The molecule has 0 saturated heterocycles. The fraction of sp³-hybridized carbons (Fsp3) is 0.800. The van der Waals surface area contributed by atoms with E-state index in [1.165, 1.54) is 44.9 Å². The van der Waals surface area contributed by atoms with Crippen molar-refractivity contribution in [2.75, 3.05) is 0 Å². The van der Waals surface area contributed by atoms with Crippen molar-refractivity contribution in [1.29, 1.82) is 0 Å². The van der Waals surface area contributed by atoms with Gasteiger partial charge >= 0.3 is 0 Å². The highest BCUT2D eigenvalue weighted by Gasteiger charge is 1.96. The molecule has 0 rings (SSSR count). The van der Waals surface area contributed by atoms with E-state index in [4.69, 9.17) is 0 Å². The highest BCUT2D eigenvalue weighted by atomic mass is 16.1. The molecule has 16 heavy (non-hydrogen) atoms. The molecule has 0 bridgehead atoms. The largest absolute Gasteiger partial charge is 0.295 e. The molecule has 0 saturated carbocycles. The molecule has 1 nitrogen and oxygen atoms in total. The lowest BCUT2D eigenvalue weighted by Gasteiger charge is -2.00. The van der Waals surface area contributed by atoms with Crippen LogP contribution >= 0.6 is 0 Å². The van der Waals surface area contributed by atoms with Crippen molar-refractivity contribution in [1.82, 2.24) is 0 Å². The summed E-state index contributed by atoms with van der Waals surface area (Å²) in [5.74, 6) is 0.299. The number of unbranched alkanes of at least 4 members (excludes halogenated alkanes) is 7. The van der Waals surface area contributed by atoms with E-state index < -0.39 is 0 Å². The van der Waals surface area contributed by atoms with Gasteiger partial charge in [0, 0.05) is 6.42 Å². The molecule has 0 fully saturated rings. The van der Waals surface area contributed by atoms with Crippen LogP contribution in [0.3, 0.4) is 0 Å². The van der Waals surface area contributed by atoms with Crippen LogP contribution in [0, 0.1) is 0 Å². The van der Waals surface area contributed by atoms with Crippen LogP contribution in [0.15, 0.2) is 12.2 Å². The molecule has 0 unspecified atom stereocenters. The fourth-order valence-electron chi connectivity index (χ4n) is 1.77. The monoisotopic (exact) mass is 224 g/mol. The van der Waals surface area contributed by atoms with Gasteiger partial charge < -0.3 is 0 Å². The van der Waals surface area contributed by atoms with Crippen molar-refractivity contribution in [3.05, 3.63) is 12.2 Å². The minimum atomic E-state index is 0.299. The minimum absolute atomic E-state index is 0.299. The molecule has 0 aromatic rings. The Morgan fingerprint density at radius 1 is 0.875 bits per heavy atom. The Kier molecular flexibility index (Phi) is 12.0. The molecule has 0 aliphatic heterocycles. The normalized spacial score (nSPS) is 11.1. The number of hydrogen-bond acceptors (Lipinski definition) is 1. The van der Waals surface area contributed by atoms with Gasteiger partial charge in [-0.25, -0.2) is 0 Å². The van der Waals surface area contributed by atoms with Crippen LogP contribution < -0.4 is 0 Å².